The van der Waals surface area contributed by atoms with E-state index in [4.69, 9.17) is 10.5 Å². The second-order valence-corrected chi connectivity index (χ2v) is 3.44. The predicted molar refractivity (Wildman–Crippen MR) is 53.2 cm³/mol. The molecule has 0 fully saturated rings. The van der Waals surface area contributed by atoms with Crippen LogP contribution in [-0.4, -0.2) is 19.3 Å². The summed E-state index contributed by atoms with van der Waals surface area (Å²) in [5.74, 6) is 0. The highest BCUT2D eigenvalue weighted by molar-refractivity contribution is 4.52. The van der Waals surface area contributed by atoms with Gasteiger partial charge in [0, 0.05) is 19.3 Å². The Morgan fingerprint density at radius 1 is 1.17 bits per heavy atom. The van der Waals surface area contributed by atoms with E-state index in [0.717, 1.165) is 26.1 Å². The summed E-state index contributed by atoms with van der Waals surface area (Å²) in [6.07, 6.45) is 5.89. The van der Waals surface area contributed by atoms with Gasteiger partial charge in [-0.25, -0.2) is 0 Å². The lowest BCUT2D eigenvalue weighted by Gasteiger charge is -2.05. The molecule has 0 heterocycles. The van der Waals surface area contributed by atoms with Gasteiger partial charge < -0.3 is 10.5 Å². The third-order valence-electron chi connectivity index (χ3n) is 1.84. The third-order valence-corrected chi connectivity index (χ3v) is 1.84. The van der Waals surface area contributed by atoms with E-state index in [2.05, 4.69) is 13.8 Å². The van der Waals surface area contributed by atoms with Crippen LogP contribution in [0.25, 0.3) is 0 Å². The van der Waals surface area contributed by atoms with Crippen LogP contribution in [0.1, 0.15) is 46.0 Å². The van der Waals surface area contributed by atoms with Gasteiger partial charge in [-0.1, -0.05) is 13.3 Å². The molecule has 0 aliphatic heterocycles. The Morgan fingerprint density at radius 2 is 1.83 bits per heavy atom. The third kappa shape index (κ3) is 9.92. The summed E-state index contributed by atoms with van der Waals surface area (Å²) in [6.45, 7) is 6.07. The fourth-order valence-corrected chi connectivity index (χ4v) is 1.02. The lowest BCUT2D eigenvalue weighted by molar-refractivity contribution is 0.127. The molecule has 0 saturated heterocycles. The first kappa shape index (κ1) is 11.9. The molecule has 0 rings (SSSR count). The normalized spacial score (nSPS) is 13.2. The van der Waals surface area contributed by atoms with Crippen LogP contribution >= 0.6 is 0 Å². The van der Waals surface area contributed by atoms with Crippen molar-refractivity contribution in [2.45, 2.75) is 52.0 Å². The zero-order valence-corrected chi connectivity index (χ0v) is 8.51. The van der Waals surface area contributed by atoms with Crippen LogP contribution in [0, 0.1) is 0 Å². The molecule has 0 spiro atoms. The lowest BCUT2D eigenvalue weighted by atomic mass is 10.1. The number of unbranched alkanes of at least 4 members (excludes halogenated alkanes) is 2. The molecule has 0 saturated carbocycles. The number of nitrogens with two attached hydrogens (primary N) is 1. The van der Waals surface area contributed by atoms with Crippen molar-refractivity contribution in [2.75, 3.05) is 13.2 Å². The molecule has 74 valence electrons. The minimum atomic E-state index is 0.348. The molecule has 1 atom stereocenters. The minimum Gasteiger partial charge on any atom is -0.381 e. The first-order valence-corrected chi connectivity index (χ1v) is 5.10. The van der Waals surface area contributed by atoms with Gasteiger partial charge in [0.2, 0.25) is 0 Å². The Balaban J connectivity index is 2.82. The average molecular weight is 173 g/mol. The van der Waals surface area contributed by atoms with Crippen LogP contribution in [0.5, 0.6) is 0 Å². The summed E-state index contributed by atoms with van der Waals surface area (Å²) in [7, 11) is 0. The van der Waals surface area contributed by atoms with Crippen molar-refractivity contribution in [2.24, 2.45) is 5.73 Å². The molecule has 0 aliphatic carbocycles. The van der Waals surface area contributed by atoms with Crippen LogP contribution in [0.15, 0.2) is 0 Å². The summed E-state index contributed by atoms with van der Waals surface area (Å²) < 4.78 is 5.42. The number of rotatable bonds is 8. The van der Waals surface area contributed by atoms with Gasteiger partial charge in [-0.15, -0.1) is 0 Å². The van der Waals surface area contributed by atoms with E-state index in [0.29, 0.717) is 6.04 Å². The average Bonchev–Trinajstić information content (AvgIpc) is 2.02. The van der Waals surface area contributed by atoms with Crippen molar-refractivity contribution in [3.05, 3.63) is 0 Å². The van der Waals surface area contributed by atoms with Crippen molar-refractivity contribution in [3.8, 4) is 0 Å². The molecular weight excluding hydrogens is 150 g/mol. The van der Waals surface area contributed by atoms with Crippen molar-refractivity contribution >= 4 is 0 Å². The fourth-order valence-electron chi connectivity index (χ4n) is 1.02. The number of hydrogen-bond acceptors (Lipinski definition) is 2. The van der Waals surface area contributed by atoms with Gasteiger partial charge in [-0.05, 0) is 32.6 Å². The second-order valence-electron chi connectivity index (χ2n) is 3.44. The molecule has 0 bridgehead atoms. The largest absolute Gasteiger partial charge is 0.381 e. The lowest BCUT2D eigenvalue weighted by Crippen LogP contribution is -2.14. The number of hydrogen-bond donors (Lipinski definition) is 1. The van der Waals surface area contributed by atoms with Crippen LogP contribution in [0.3, 0.4) is 0 Å². The Hall–Kier alpha value is -0.0800. The molecule has 0 amide bonds. The van der Waals surface area contributed by atoms with Crippen LogP contribution < -0.4 is 5.73 Å². The van der Waals surface area contributed by atoms with Gasteiger partial charge in [0.25, 0.3) is 0 Å². The zero-order chi connectivity index (χ0) is 9.23. The molecule has 0 radical (unpaired) electrons. The van der Waals surface area contributed by atoms with Gasteiger partial charge in [-0.2, -0.15) is 0 Å². The smallest absolute Gasteiger partial charge is 0.0466 e. The Bertz CT molecular complexity index is 83.9. The van der Waals surface area contributed by atoms with E-state index in [9.17, 15) is 0 Å². The van der Waals surface area contributed by atoms with E-state index >= 15 is 0 Å². The first-order chi connectivity index (χ1) is 5.77. The van der Waals surface area contributed by atoms with Crippen molar-refractivity contribution in [1.29, 1.82) is 0 Å². The zero-order valence-electron chi connectivity index (χ0n) is 8.51. The van der Waals surface area contributed by atoms with Gasteiger partial charge in [0.1, 0.15) is 0 Å². The summed E-state index contributed by atoms with van der Waals surface area (Å²) >= 11 is 0. The Labute approximate surface area is 76.5 Å². The fraction of sp³-hybridized carbons (Fsp3) is 1.00. The predicted octanol–water partition coefficient (Wildman–Crippen LogP) is 2.32. The quantitative estimate of drug-likeness (QED) is 0.572. The molecule has 0 aromatic rings. The molecule has 0 aromatic carbocycles. The summed E-state index contributed by atoms with van der Waals surface area (Å²) in [5, 5.41) is 0. The molecule has 0 aliphatic rings. The molecule has 2 N–H and O–H groups in total. The van der Waals surface area contributed by atoms with E-state index in [1.54, 1.807) is 0 Å². The molecular formula is C10H23NO. The highest BCUT2D eigenvalue weighted by Gasteiger charge is 1.93. The first-order valence-electron chi connectivity index (χ1n) is 5.10. The molecule has 2 nitrogen and oxygen atoms in total. The summed E-state index contributed by atoms with van der Waals surface area (Å²) in [4.78, 5) is 0. The van der Waals surface area contributed by atoms with E-state index in [1.165, 1.54) is 19.3 Å². The molecule has 2 heteroatoms. The van der Waals surface area contributed by atoms with E-state index < -0.39 is 0 Å². The maximum Gasteiger partial charge on any atom is 0.0466 e. The van der Waals surface area contributed by atoms with Crippen LogP contribution in [-0.2, 0) is 4.74 Å². The molecule has 1 unspecified atom stereocenters. The minimum absolute atomic E-state index is 0.348. The molecule has 12 heavy (non-hydrogen) atoms. The molecule has 0 aromatic heterocycles. The maximum atomic E-state index is 5.61. The number of ether oxygens (including phenoxy) is 1. The Morgan fingerprint density at radius 3 is 2.42 bits per heavy atom. The van der Waals surface area contributed by atoms with E-state index in [-0.39, 0.29) is 0 Å². The standard InChI is InChI=1S/C10H23NO/c1-3-4-8-12-9-6-5-7-10(2)11/h10H,3-9,11H2,1-2H3. The van der Waals surface area contributed by atoms with Gasteiger partial charge in [0.05, 0.1) is 0 Å². The van der Waals surface area contributed by atoms with Gasteiger partial charge >= 0.3 is 0 Å². The van der Waals surface area contributed by atoms with Crippen molar-refractivity contribution in [1.82, 2.24) is 0 Å². The second kappa shape index (κ2) is 9.01. The van der Waals surface area contributed by atoms with Crippen molar-refractivity contribution < 1.29 is 4.74 Å². The van der Waals surface area contributed by atoms with Gasteiger partial charge in [0.15, 0.2) is 0 Å². The van der Waals surface area contributed by atoms with E-state index in [1.807, 2.05) is 0 Å². The monoisotopic (exact) mass is 173 g/mol. The van der Waals surface area contributed by atoms with Gasteiger partial charge in [-0.3, -0.25) is 0 Å². The summed E-state index contributed by atoms with van der Waals surface area (Å²) in [6, 6.07) is 0.348. The Kier molecular flexibility index (Phi) is 8.95. The highest BCUT2D eigenvalue weighted by atomic mass is 16.5. The SMILES string of the molecule is CCCCOCCCCC(C)N. The highest BCUT2D eigenvalue weighted by Crippen LogP contribution is 1.99. The summed E-state index contributed by atoms with van der Waals surface area (Å²) in [5.41, 5.74) is 5.61. The van der Waals surface area contributed by atoms with Crippen molar-refractivity contribution in [3.63, 3.8) is 0 Å². The topological polar surface area (TPSA) is 35.2 Å². The van der Waals surface area contributed by atoms with Crippen LogP contribution in [0.4, 0.5) is 0 Å². The maximum absolute atomic E-state index is 5.61. The van der Waals surface area contributed by atoms with Crippen LogP contribution in [0.2, 0.25) is 0 Å².